The van der Waals surface area contributed by atoms with E-state index in [1.165, 1.54) is 0 Å². The van der Waals surface area contributed by atoms with Crippen molar-refractivity contribution in [2.75, 3.05) is 7.11 Å². The Morgan fingerprint density at radius 3 is 2.48 bits per heavy atom. The fourth-order valence-corrected chi connectivity index (χ4v) is 4.15. The molecule has 0 atom stereocenters. The molecule has 9 heteroatoms. The minimum atomic E-state index is -3.91. The van der Waals surface area contributed by atoms with Gasteiger partial charge >= 0.3 is 5.97 Å². The van der Waals surface area contributed by atoms with E-state index in [0.717, 1.165) is 12.1 Å². The molecule has 0 bridgehead atoms. The minimum absolute atomic E-state index is 0.0352. The maximum atomic E-state index is 12.3. The average Bonchev–Trinajstić information content (AvgIpc) is 2.32. The molecule has 0 heterocycles. The van der Waals surface area contributed by atoms with E-state index in [2.05, 4.69) is 4.72 Å². The van der Waals surface area contributed by atoms with Crippen molar-refractivity contribution in [3.8, 4) is 0 Å². The fourth-order valence-electron chi connectivity index (χ4n) is 2.04. The van der Waals surface area contributed by atoms with Gasteiger partial charge in [0.2, 0.25) is 10.0 Å². The van der Waals surface area contributed by atoms with E-state index in [4.69, 9.17) is 33.0 Å². The molecule has 1 saturated carbocycles. The Balaban J connectivity index is 2.28. The van der Waals surface area contributed by atoms with Crippen LogP contribution in [0.2, 0.25) is 10.0 Å². The normalized spacial score (nSPS) is 21.9. The van der Waals surface area contributed by atoms with Gasteiger partial charge in [0.25, 0.3) is 0 Å². The smallest absolute Gasteiger partial charge is 0.337 e. The van der Waals surface area contributed by atoms with Gasteiger partial charge in [-0.15, -0.1) is 0 Å². The molecule has 2 rings (SSSR count). The van der Waals surface area contributed by atoms with Gasteiger partial charge in [-0.1, -0.05) is 23.2 Å². The highest BCUT2D eigenvalue weighted by Gasteiger charge is 2.33. The van der Waals surface area contributed by atoms with E-state index in [9.17, 15) is 13.2 Å². The van der Waals surface area contributed by atoms with Gasteiger partial charge < -0.3 is 9.84 Å². The summed E-state index contributed by atoms with van der Waals surface area (Å²) in [5, 5.41) is 8.75. The molecule has 1 aliphatic rings. The summed E-state index contributed by atoms with van der Waals surface area (Å²) >= 11 is 11.6. The van der Waals surface area contributed by atoms with Crippen molar-refractivity contribution in [3.05, 3.63) is 27.7 Å². The maximum absolute atomic E-state index is 12.3. The lowest BCUT2D eigenvalue weighted by molar-refractivity contribution is 0.0236. The number of ether oxygens (including phenoxy) is 1. The number of hydrogen-bond acceptors (Lipinski definition) is 4. The standard InChI is InChI=1S/C12H13Cl2NO5S/c1-20-7-2-6(3-7)15-21(18,19)11-4-8(12(16)17)9(13)5-10(11)14/h4-7,15H,2-3H2,1H3,(H,16,17). The highest BCUT2D eigenvalue weighted by atomic mass is 35.5. The summed E-state index contributed by atoms with van der Waals surface area (Å²) < 4.78 is 32.1. The highest BCUT2D eigenvalue weighted by Crippen LogP contribution is 2.30. The zero-order chi connectivity index (χ0) is 15.8. The summed E-state index contributed by atoms with van der Waals surface area (Å²) in [7, 11) is -2.35. The summed E-state index contributed by atoms with van der Waals surface area (Å²) in [5.74, 6) is -1.32. The average molecular weight is 354 g/mol. The van der Waals surface area contributed by atoms with E-state index in [1.54, 1.807) is 7.11 Å². The zero-order valence-corrected chi connectivity index (χ0v) is 13.3. The molecule has 1 aromatic rings. The topological polar surface area (TPSA) is 92.7 Å². The van der Waals surface area contributed by atoms with Crippen molar-refractivity contribution >= 4 is 39.2 Å². The summed E-state index contributed by atoms with van der Waals surface area (Å²) in [5.41, 5.74) is -0.315. The quantitative estimate of drug-likeness (QED) is 0.845. The Labute approximate surface area is 132 Å². The monoisotopic (exact) mass is 353 g/mol. The molecule has 6 nitrogen and oxygen atoms in total. The predicted molar refractivity (Wildman–Crippen MR) is 77.6 cm³/mol. The Morgan fingerprint density at radius 2 is 1.95 bits per heavy atom. The van der Waals surface area contributed by atoms with Crippen LogP contribution in [0.3, 0.4) is 0 Å². The van der Waals surface area contributed by atoms with Crippen molar-refractivity contribution in [1.29, 1.82) is 0 Å². The first-order valence-corrected chi connectivity index (χ1v) is 8.26. The molecule has 0 unspecified atom stereocenters. The van der Waals surface area contributed by atoms with Crippen LogP contribution in [0.1, 0.15) is 23.2 Å². The maximum Gasteiger partial charge on any atom is 0.337 e. The lowest BCUT2D eigenvalue weighted by Crippen LogP contribution is -2.47. The van der Waals surface area contributed by atoms with Crippen LogP contribution < -0.4 is 4.72 Å². The van der Waals surface area contributed by atoms with Crippen LogP contribution in [0.5, 0.6) is 0 Å². The Kier molecular flexibility index (Phi) is 4.79. The molecule has 0 spiro atoms. The van der Waals surface area contributed by atoms with Crippen LogP contribution in [-0.4, -0.2) is 38.7 Å². The number of aromatic carboxylic acids is 1. The third-order valence-electron chi connectivity index (χ3n) is 3.29. The molecular formula is C12H13Cl2NO5S. The van der Waals surface area contributed by atoms with Crippen molar-refractivity contribution < 1.29 is 23.1 Å². The molecule has 116 valence electrons. The minimum Gasteiger partial charge on any atom is -0.478 e. The first-order valence-electron chi connectivity index (χ1n) is 6.02. The lowest BCUT2D eigenvalue weighted by atomic mass is 9.90. The molecule has 1 aromatic carbocycles. The first-order chi connectivity index (χ1) is 9.74. The second-order valence-electron chi connectivity index (χ2n) is 4.71. The number of hydrogen-bond donors (Lipinski definition) is 2. The van der Waals surface area contributed by atoms with Crippen LogP contribution >= 0.6 is 23.2 Å². The van der Waals surface area contributed by atoms with E-state index in [0.29, 0.717) is 12.8 Å². The van der Waals surface area contributed by atoms with Crippen molar-refractivity contribution in [2.24, 2.45) is 0 Å². The Bertz CT molecular complexity index is 670. The van der Waals surface area contributed by atoms with Gasteiger partial charge in [-0.3, -0.25) is 0 Å². The van der Waals surface area contributed by atoms with Crippen LogP contribution in [0.4, 0.5) is 0 Å². The number of carboxylic acid groups (broad SMARTS) is 1. The number of nitrogens with one attached hydrogen (secondary N) is 1. The molecule has 0 aromatic heterocycles. The van der Waals surface area contributed by atoms with Crippen LogP contribution in [-0.2, 0) is 14.8 Å². The number of methoxy groups -OCH3 is 1. The second-order valence-corrected chi connectivity index (χ2v) is 7.21. The second kappa shape index (κ2) is 6.10. The number of carboxylic acids is 1. The lowest BCUT2D eigenvalue weighted by Gasteiger charge is -2.34. The molecular weight excluding hydrogens is 341 g/mol. The molecule has 1 fully saturated rings. The number of halogens is 2. The Hall–Kier alpha value is -0.860. The van der Waals surface area contributed by atoms with Gasteiger partial charge in [0.1, 0.15) is 4.90 Å². The third kappa shape index (κ3) is 3.49. The fraction of sp³-hybridized carbons (Fsp3) is 0.417. The van der Waals surface area contributed by atoms with Gasteiger partial charge in [0.05, 0.1) is 21.7 Å². The molecule has 1 aliphatic carbocycles. The van der Waals surface area contributed by atoms with Crippen molar-refractivity contribution in [1.82, 2.24) is 4.72 Å². The predicted octanol–water partition coefficient (Wildman–Crippen LogP) is 2.15. The number of rotatable bonds is 5. The van der Waals surface area contributed by atoms with Gasteiger partial charge in [0.15, 0.2) is 0 Å². The zero-order valence-electron chi connectivity index (χ0n) is 11.0. The molecule has 0 amide bonds. The molecule has 0 aliphatic heterocycles. The molecule has 21 heavy (non-hydrogen) atoms. The number of benzene rings is 1. The van der Waals surface area contributed by atoms with E-state index < -0.39 is 16.0 Å². The number of sulfonamides is 1. The molecule has 0 saturated heterocycles. The van der Waals surface area contributed by atoms with Crippen molar-refractivity contribution in [3.63, 3.8) is 0 Å². The van der Waals surface area contributed by atoms with Gasteiger partial charge in [-0.2, -0.15) is 0 Å². The number of carbonyl (C=O) groups is 1. The van der Waals surface area contributed by atoms with Crippen LogP contribution in [0.25, 0.3) is 0 Å². The van der Waals surface area contributed by atoms with E-state index in [1.807, 2.05) is 0 Å². The van der Waals surface area contributed by atoms with E-state index in [-0.39, 0.29) is 32.7 Å². The molecule has 2 N–H and O–H groups in total. The van der Waals surface area contributed by atoms with E-state index >= 15 is 0 Å². The first kappa shape index (κ1) is 16.5. The van der Waals surface area contributed by atoms with Gasteiger partial charge in [-0.25, -0.2) is 17.9 Å². The summed E-state index contributed by atoms with van der Waals surface area (Å²) in [6.07, 6.45) is 1.16. The van der Waals surface area contributed by atoms with Crippen LogP contribution in [0.15, 0.2) is 17.0 Å². The summed E-state index contributed by atoms with van der Waals surface area (Å²) in [6, 6.07) is 1.82. The largest absolute Gasteiger partial charge is 0.478 e. The van der Waals surface area contributed by atoms with Gasteiger partial charge in [0, 0.05) is 13.2 Å². The van der Waals surface area contributed by atoms with Crippen LogP contribution in [0, 0.1) is 0 Å². The van der Waals surface area contributed by atoms with Crippen molar-refractivity contribution in [2.45, 2.75) is 29.9 Å². The Morgan fingerprint density at radius 1 is 1.33 bits per heavy atom. The van der Waals surface area contributed by atoms with Gasteiger partial charge in [-0.05, 0) is 25.0 Å². The SMILES string of the molecule is COC1CC(NS(=O)(=O)c2cc(C(=O)O)c(Cl)cc2Cl)C1. The summed E-state index contributed by atoms with van der Waals surface area (Å²) in [4.78, 5) is 10.7. The summed E-state index contributed by atoms with van der Waals surface area (Å²) in [6.45, 7) is 0. The molecule has 0 radical (unpaired) electrons. The third-order valence-corrected chi connectivity index (χ3v) is 5.59. The highest BCUT2D eigenvalue weighted by molar-refractivity contribution is 7.89.